The predicted molar refractivity (Wildman–Crippen MR) is 67.3 cm³/mol. The number of amides is 1. The molecule has 1 aliphatic rings. The van der Waals surface area contributed by atoms with Crippen LogP contribution >= 0.6 is 12.4 Å². The van der Waals surface area contributed by atoms with Crippen molar-refractivity contribution in [2.24, 2.45) is 5.92 Å². The van der Waals surface area contributed by atoms with Gasteiger partial charge in [0.05, 0.1) is 6.54 Å². The maximum Gasteiger partial charge on any atom is 0.322 e. The van der Waals surface area contributed by atoms with E-state index in [0.29, 0.717) is 5.92 Å². The summed E-state index contributed by atoms with van der Waals surface area (Å²) in [4.78, 5) is 23.6. The van der Waals surface area contributed by atoms with Crippen molar-refractivity contribution in [3.05, 3.63) is 12.7 Å². The first-order valence-corrected chi connectivity index (χ1v) is 5.45. The molecular weight excluding hydrogens is 244 g/mol. The molecule has 17 heavy (non-hydrogen) atoms. The van der Waals surface area contributed by atoms with Crippen LogP contribution in [0.5, 0.6) is 0 Å². The van der Waals surface area contributed by atoms with E-state index in [4.69, 9.17) is 5.11 Å². The topological polar surface area (TPSA) is 69.6 Å². The van der Waals surface area contributed by atoms with Crippen LogP contribution in [-0.2, 0) is 9.59 Å². The third kappa shape index (κ3) is 6.28. The molecule has 0 atom stereocenters. The number of allylic oxidation sites excluding steroid dienone is 1. The zero-order valence-electron chi connectivity index (χ0n) is 9.72. The highest BCUT2D eigenvalue weighted by atomic mass is 35.5. The van der Waals surface area contributed by atoms with Crippen molar-refractivity contribution < 1.29 is 14.7 Å². The van der Waals surface area contributed by atoms with Gasteiger partial charge in [-0.25, -0.2) is 0 Å². The number of rotatable bonds is 5. The van der Waals surface area contributed by atoms with Gasteiger partial charge in [-0.05, 0) is 31.8 Å². The highest BCUT2D eigenvalue weighted by Gasteiger charge is 2.18. The number of halogens is 1. The second-order valence-corrected chi connectivity index (χ2v) is 4.02. The molecule has 98 valence electrons. The van der Waals surface area contributed by atoms with Crippen LogP contribution in [0.25, 0.3) is 0 Å². The lowest BCUT2D eigenvalue weighted by atomic mass is 9.97. The minimum Gasteiger partial charge on any atom is -0.480 e. The first-order chi connectivity index (χ1) is 7.61. The summed E-state index contributed by atoms with van der Waals surface area (Å²) in [6, 6.07) is 0. The fourth-order valence-electron chi connectivity index (χ4n) is 1.78. The number of hydrogen-bond donors (Lipinski definition) is 2. The molecule has 0 aliphatic carbocycles. The summed E-state index contributed by atoms with van der Waals surface area (Å²) >= 11 is 0. The molecule has 0 bridgehead atoms. The maximum absolute atomic E-state index is 11.3. The fourth-order valence-corrected chi connectivity index (χ4v) is 1.78. The van der Waals surface area contributed by atoms with Crippen LogP contribution in [0.2, 0.25) is 0 Å². The van der Waals surface area contributed by atoms with Crippen LogP contribution in [0.15, 0.2) is 12.7 Å². The minimum atomic E-state index is -1.02. The number of carboxylic acid groups (broad SMARTS) is 1. The third-order valence-electron chi connectivity index (χ3n) is 2.77. The molecule has 1 rings (SSSR count). The molecule has 1 saturated heterocycles. The SMILES string of the molecule is C=CC1CCN(CC(=O)NCC(=O)O)CC1.Cl. The van der Waals surface area contributed by atoms with Gasteiger partial charge in [-0.3, -0.25) is 14.5 Å². The van der Waals surface area contributed by atoms with Crippen LogP contribution in [-0.4, -0.2) is 48.1 Å². The number of carbonyl (C=O) groups is 2. The van der Waals surface area contributed by atoms with Crippen LogP contribution in [0.1, 0.15) is 12.8 Å². The van der Waals surface area contributed by atoms with Gasteiger partial charge >= 0.3 is 5.97 Å². The van der Waals surface area contributed by atoms with Gasteiger partial charge in [-0.2, -0.15) is 0 Å². The van der Waals surface area contributed by atoms with Crippen LogP contribution in [0.4, 0.5) is 0 Å². The standard InChI is InChI=1S/C11H18N2O3.ClH/c1-2-9-3-5-13(6-4-9)8-10(14)12-7-11(15)16;/h2,9H,1,3-8H2,(H,12,14)(H,15,16);1H. The van der Waals surface area contributed by atoms with E-state index in [0.717, 1.165) is 25.9 Å². The van der Waals surface area contributed by atoms with Gasteiger partial charge in [-0.15, -0.1) is 19.0 Å². The van der Waals surface area contributed by atoms with E-state index < -0.39 is 5.97 Å². The average Bonchev–Trinajstić information content (AvgIpc) is 2.27. The Morgan fingerprint density at radius 2 is 2.00 bits per heavy atom. The summed E-state index contributed by atoms with van der Waals surface area (Å²) in [7, 11) is 0. The van der Waals surface area contributed by atoms with Gasteiger partial charge in [0.2, 0.25) is 5.91 Å². The Labute approximate surface area is 107 Å². The zero-order chi connectivity index (χ0) is 12.0. The van der Waals surface area contributed by atoms with Crippen LogP contribution < -0.4 is 5.32 Å². The largest absolute Gasteiger partial charge is 0.480 e. The lowest BCUT2D eigenvalue weighted by molar-refractivity contribution is -0.138. The lowest BCUT2D eigenvalue weighted by Gasteiger charge is -2.29. The number of likely N-dealkylation sites (tertiary alicyclic amines) is 1. The second-order valence-electron chi connectivity index (χ2n) is 4.02. The Balaban J connectivity index is 0.00000256. The van der Waals surface area contributed by atoms with E-state index in [-0.39, 0.29) is 31.4 Å². The number of carbonyl (C=O) groups excluding carboxylic acids is 1. The molecule has 0 unspecified atom stereocenters. The molecule has 1 aliphatic heterocycles. The molecule has 5 nitrogen and oxygen atoms in total. The highest BCUT2D eigenvalue weighted by molar-refractivity contribution is 5.85. The van der Waals surface area contributed by atoms with Gasteiger partial charge in [0.1, 0.15) is 6.54 Å². The fraction of sp³-hybridized carbons (Fsp3) is 0.636. The molecule has 0 aromatic rings. The minimum absolute atomic E-state index is 0. The second kappa shape index (κ2) is 8.08. The van der Waals surface area contributed by atoms with E-state index in [1.54, 1.807) is 0 Å². The molecule has 0 saturated carbocycles. The highest BCUT2D eigenvalue weighted by Crippen LogP contribution is 2.16. The van der Waals surface area contributed by atoms with E-state index >= 15 is 0 Å². The van der Waals surface area contributed by atoms with Gasteiger partial charge in [0.15, 0.2) is 0 Å². The number of piperidine rings is 1. The zero-order valence-corrected chi connectivity index (χ0v) is 10.5. The monoisotopic (exact) mass is 262 g/mol. The molecule has 6 heteroatoms. The third-order valence-corrected chi connectivity index (χ3v) is 2.77. The van der Waals surface area contributed by atoms with Crippen molar-refractivity contribution in [3.8, 4) is 0 Å². The molecule has 1 fully saturated rings. The van der Waals surface area contributed by atoms with Gasteiger partial charge in [0.25, 0.3) is 0 Å². The maximum atomic E-state index is 11.3. The number of carboxylic acids is 1. The average molecular weight is 263 g/mol. The van der Waals surface area contributed by atoms with Crippen molar-refractivity contribution in [2.45, 2.75) is 12.8 Å². The smallest absolute Gasteiger partial charge is 0.322 e. The summed E-state index contributed by atoms with van der Waals surface area (Å²) in [5, 5.41) is 10.7. The Bertz CT molecular complexity index is 276. The van der Waals surface area contributed by atoms with Gasteiger partial charge in [-0.1, -0.05) is 6.08 Å². The van der Waals surface area contributed by atoms with Crippen molar-refractivity contribution in [2.75, 3.05) is 26.2 Å². The predicted octanol–water partition coefficient (Wildman–Crippen LogP) is 0.507. The van der Waals surface area contributed by atoms with Gasteiger partial charge < -0.3 is 10.4 Å². The summed E-state index contributed by atoms with van der Waals surface area (Å²) in [5.74, 6) is -0.684. The van der Waals surface area contributed by atoms with Crippen molar-refractivity contribution in [1.82, 2.24) is 10.2 Å². The summed E-state index contributed by atoms with van der Waals surface area (Å²) in [6.07, 6.45) is 4.01. The Kier molecular flexibility index (Phi) is 7.58. The summed E-state index contributed by atoms with van der Waals surface area (Å²) in [5.41, 5.74) is 0. The number of aliphatic carboxylic acids is 1. The van der Waals surface area contributed by atoms with Crippen molar-refractivity contribution in [3.63, 3.8) is 0 Å². The van der Waals surface area contributed by atoms with E-state index in [1.807, 2.05) is 11.0 Å². The van der Waals surface area contributed by atoms with E-state index in [9.17, 15) is 9.59 Å². The molecular formula is C11H19ClN2O3. The molecule has 0 aromatic heterocycles. The number of nitrogens with one attached hydrogen (secondary N) is 1. The molecule has 0 aromatic carbocycles. The van der Waals surface area contributed by atoms with E-state index in [1.165, 1.54) is 0 Å². The Hall–Kier alpha value is -1.07. The van der Waals surface area contributed by atoms with Crippen molar-refractivity contribution in [1.29, 1.82) is 0 Å². The summed E-state index contributed by atoms with van der Waals surface area (Å²) < 4.78 is 0. The molecule has 1 heterocycles. The molecule has 0 spiro atoms. The Morgan fingerprint density at radius 3 is 2.47 bits per heavy atom. The molecule has 1 amide bonds. The molecule has 2 N–H and O–H groups in total. The number of nitrogens with zero attached hydrogens (tertiary/aromatic N) is 1. The lowest BCUT2D eigenvalue weighted by Crippen LogP contribution is -2.42. The van der Waals surface area contributed by atoms with Gasteiger partial charge in [0, 0.05) is 0 Å². The van der Waals surface area contributed by atoms with E-state index in [2.05, 4.69) is 11.9 Å². The van der Waals surface area contributed by atoms with Crippen molar-refractivity contribution >= 4 is 24.3 Å². The normalized spacial score (nSPS) is 16.9. The van der Waals surface area contributed by atoms with Crippen LogP contribution in [0, 0.1) is 5.92 Å². The van der Waals surface area contributed by atoms with Crippen LogP contribution in [0.3, 0.4) is 0 Å². The summed E-state index contributed by atoms with van der Waals surface area (Å²) in [6.45, 7) is 5.49. The molecule has 0 radical (unpaired) electrons. The quantitative estimate of drug-likeness (QED) is 0.709. The first kappa shape index (κ1) is 15.9. The Morgan fingerprint density at radius 1 is 1.41 bits per heavy atom. The first-order valence-electron chi connectivity index (χ1n) is 5.45. The number of hydrogen-bond acceptors (Lipinski definition) is 3.